The number of nitrogen functional groups attached to an aromatic ring is 1. The maximum Gasteiger partial charge on any atom is 0.417 e. The molecule has 0 aliphatic rings. The Balaban J connectivity index is 2.14. The van der Waals surface area contributed by atoms with E-state index in [0.29, 0.717) is 28.6 Å². The average molecular weight is 417 g/mol. The number of nitrogens with two attached hydrogens (primary N) is 1. The van der Waals surface area contributed by atoms with Gasteiger partial charge in [0.15, 0.2) is 11.2 Å². The first-order valence-corrected chi connectivity index (χ1v) is 9.94. The summed E-state index contributed by atoms with van der Waals surface area (Å²) >= 11 is -0.310. The summed E-state index contributed by atoms with van der Waals surface area (Å²) in [6.45, 7) is 0.444. The first kappa shape index (κ1) is 19.8. The summed E-state index contributed by atoms with van der Waals surface area (Å²) in [6.07, 6.45) is 0.00459. The van der Waals surface area contributed by atoms with Gasteiger partial charge in [0.1, 0.15) is 22.6 Å². The fourth-order valence-corrected chi connectivity index (χ4v) is 5.17. The van der Waals surface area contributed by atoms with E-state index in [1.807, 2.05) is 0 Å². The third-order valence-corrected chi connectivity index (χ3v) is 6.77. The summed E-state index contributed by atoms with van der Waals surface area (Å²) in [7, 11) is 1.54. The van der Waals surface area contributed by atoms with E-state index >= 15 is 0 Å². The van der Waals surface area contributed by atoms with E-state index in [-0.39, 0.29) is 21.6 Å². The van der Waals surface area contributed by atoms with Crippen LogP contribution in [-0.4, -0.2) is 39.0 Å². The van der Waals surface area contributed by atoms with Crippen molar-refractivity contribution in [3.05, 3.63) is 30.4 Å². The summed E-state index contributed by atoms with van der Waals surface area (Å²) in [5.74, 6) is 0.353. The van der Waals surface area contributed by atoms with Gasteiger partial charge in [-0.15, -0.1) is 0 Å². The minimum Gasteiger partial charge on any atom is -0.393 e. The van der Waals surface area contributed by atoms with Crippen LogP contribution < -0.4 is 5.73 Å². The normalized spacial score (nSPS) is 13.2. The van der Waals surface area contributed by atoms with Crippen LogP contribution in [0.5, 0.6) is 0 Å². The van der Waals surface area contributed by atoms with Crippen molar-refractivity contribution in [2.45, 2.75) is 16.8 Å². The molecule has 1 atom stereocenters. The molecule has 0 saturated heterocycles. The quantitative estimate of drug-likeness (QED) is 0.468. The van der Waals surface area contributed by atoms with Gasteiger partial charge in [0.25, 0.3) is 4.21 Å². The number of anilines is 1. The first-order chi connectivity index (χ1) is 12.8. The number of methoxy groups -OCH3 is 1. The average Bonchev–Trinajstić information content (AvgIpc) is 2.98. The van der Waals surface area contributed by atoms with Gasteiger partial charge in [0.2, 0.25) is 0 Å². The van der Waals surface area contributed by atoms with E-state index < -0.39 is 22.9 Å². The SMILES string of the molecule is COCCC[S+](O)c1sc2nc(-c3cncnc3)cc(C(F)(F)F)c2c1N. The molecule has 0 radical (unpaired) electrons. The lowest BCUT2D eigenvalue weighted by molar-refractivity contribution is -0.136. The third-order valence-electron chi connectivity index (χ3n) is 3.73. The molecule has 0 saturated carbocycles. The Morgan fingerprint density at radius 3 is 2.63 bits per heavy atom. The van der Waals surface area contributed by atoms with Gasteiger partial charge >= 0.3 is 6.18 Å². The molecule has 6 nitrogen and oxygen atoms in total. The molecule has 0 spiro atoms. The minimum absolute atomic E-state index is 0.0751. The highest BCUT2D eigenvalue weighted by Gasteiger charge is 2.38. The second kappa shape index (κ2) is 7.97. The molecule has 27 heavy (non-hydrogen) atoms. The molecule has 11 heteroatoms. The van der Waals surface area contributed by atoms with Crippen LogP contribution in [0.25, 0.3) is 21.5 Å². The van der Waals surface area contributed by atoms with Crippen LogP contribution in [0.15, 0.2) is 29.0 Å². The van der Waals surface area contributed by atoms with Gasteiger partial charge in [0, 0.05) is 31.5 Å². The molecular weight excluding hydrogens is 401 g/mol. The number of pyridine rings is 1. The van der Waals surface area contributed by atoms with E-state index in [4.69, 9.17) is 10.5 Å². The van der Waals surface area contributed by atoms with Gasteiger partial charge in [-0.3, -0.25) is 0 Å². The Hall–Kier alpha value is -1.95. The molecule has 3 N–H and O–H groups in total. The van der Waals surface area contributed by atoms with Crippen LogP contribution in [0.1, 0.15) is 12.0 Å². The summed E-state index contributed by atoms with van der Waals surface area (Å²) in [6, 6.07) is 0.939. The number of thiophene rings is 1. The molecule has 0 aromatic carbocycles. The summed E-state index contributed by atoms with van der Waals surface area (Å²) in [5.41, 5.74) is 5.49. The number of hydrogen-bond acceptors (Lipinski definition) is 7. The Morgan fingerprint density at radius 2 is 2.00 bits per heavy atom. The fraction of sp³-hybridized carbons (Fsp3) is 0.312. The summed E-state index contributed by atoms with van der Waals surface area (Å²) in [4.78, 5) is 12.1. The van der Waals surface area contributed by atoms with Crippen LogP contribution in [-0.2, 0) is 22.1 Å². The van der Waals surface area contributed by atoms with Gasteiger partial charge < -0.3 is 10.5 Å². The number of halogens is 3. The molecule has 3 aromatic rings. The highest BCUT2D eigenvalue weighted by atomic mass is 32.2. The Labute approximate surface area is 159 Å². The molecular formula is C16H16F3N4O2S2+. The highest BCUT2D eigenvalue weighted by Crippen LogP contribution is 2.45. The summed E-state index contributed by atoms with van der Waals surface area (Å²) < 4.78 is 56.6. The Bertz CT molecular complexity index is 935. The van der Waals surface area contributed by atoms with Crippen molar-refractivity contribution in [1.29, 1.82) is 0 Å². The van der Waals surface area contributed by atoms with Crippen molar-refractivity contribution < 1.29 is 22.5 Å². The van der Waals surface area contributed by atoms with Crippen molar-refractivity contribution >= 4 is 38.4 Å². The van der Waals surface area contributed by atoms with E-state index in [1.54, 1.807) is 0 Å². The molecule has 0 aliphatic carbocycles. The molecule has 1 unspecified atom stereocenters. The van der Waals surface area contributed by atoms with Crippen molar-refractivity contribution in [3.63, 3.8) is 0 Å². The zero-order valence-electron chi connectivity index (χ0n) is 14.2. The molecule has 144 valence electrons. The lowest BCUT2D eigenvalue weighted by atomic mass is 10.1. The number of nitrogens with zero attached hydrogens (tertiary/aromatic N) is 3. The number of fused-ring (bicyclic) bond motifs is 1. The predicted molar refractivity (Wildman–Crippen MR) is 99.7 cm³/mol. The first-order valence-electron chi connectivity index (χ1n) is 7.77. The number of alkyl halides is 3. The van der Waals surface area contributed by atoms with Gasteiger partial charge in [-0.05, 0) is 6.07 Å². The number of aromatic nitrogens is 3. The minimum atomic E-state index is -4.62. The number of ether oxygens (including phenoxy) is 1. The predicted octanol–water partition coefficient (Wildman–Crippen LogP) is 3.84. The zero-order valence-corrected chi connectivity index (χ0v) is 15.8. The smallest absolute Gasteiger partial charge is 0.393 e. The second-order valence-electron chi connectivity index (χ2n) is 5.58. The molecule has 3 heterocycles. The molecule has 0 aliphatic heterocycles. The highest BCUT2D eigenvalue weighted by molar-refractivity contribution is 7.93. The van der Waals surface area contributed by atoms with Crippen molar-refractivity contribution in [2.75, 3.05) is 25.2 Å². The molecule has 3 aromatic heterocycles. The standard InChI is InChI=1S/C16H16F3N4O2S2/c1-25-3-2-4-27(24)15-13(20)12-10(16(17,18)19)5-11(23-14(12)26-15)9-6-21-8-22-7-9/h5-8,24H,2-4,20H2,1H3/q+1. The van der Waals surface area contributed by atoms with Crippen LogP contribution in [0.4, 0.5) is 18.9 Å². The maximum atomic E-state index is 13.7. The monoisotopic (exact) mass is 417 g/mol. The van der Waals surface area contributed by atoms with Crippen LogP contribution in [0.3, 0.4) is 0 Å². The Kier molecular flexibility index (Phi) is 5.84. The van der Waals surface area contributed by atoms with Crippen molar-refractivity contribution in [3.8, 4) is 11.3 Å². The summed E-state index contributed by atoms with van der Waals surface area (Å²) in [5, 5.41) is -0.179. The molecule has 0 fully saturated rings. The van der Waals surface area contributed by atoms with Crippen molar-refractivity contribution in [1.82, 2.24) is 15.0 Å². The second-order valence-corrected chi connectivity index (χ2v) is 8.38. The largest absolute Gasteiger partial charge is 0.417 e. The number of rotatable bonds is 6. The van der Waals surface area contributed by atoms with Gasteiger partial charge in [0.05, 0.1) is 23.3 Å². The van der Waals surface area contributed by atoms with E-state index in [9.17, 15) is 17.7 Å². The molecule has 0 bridgehead atoms. The van der Waals surface area contributed by atoms with E-state index in [1.165, 1.54) is 25.8 Å². The van der Waals surface area contributed by atoms with E-state index in [2.05, 4.69) is 15.0 Å². The lowest BCUT2D eigenvalue weighted by Crippen LogP contribution is -2.10. The number of hydrogen-bond donors (Lipinski definition) is 2. The Morgan fingerprint density at radius 1 is 1.30 bits per heavy atom. The van der Waals surface area contributed by atoms with Crippen LogP contribution >= 0.6 is 11.3 Å². The van der Waals surface area contributed by atoms with Gasteiger partial charge in [-0.25, -0.2) is 15.0 Å². The topological polar surface area (TPSA) is 94.1 Å². The lowest BCUT2D eigenvalue weighted by Gasteiger charge is -2.10. The van der Waals surface area contributed by atoms with Crippen LogP contribution in [0, 0.1) is 0 Å². The van der Waals surface area contributed by atoms with E-state index in [0.717, 1.165) is 17.4 Å². The van der Waals surface area contributed by atoms with Gasteiger partial charge in [-0.1, -0.05) is 11.3 Å². The van der Waals surface area contributed by atoms with Crippen LogP contribution in [0.2, 0.25) is 0 Å². The third kappa shape index (κ3) is 4.15. The van der Waals surface area contributed by atoms with Crippen molar-refractivity contribution in [2.24, 2.45) is 0 Å². The fourth-order valence-electron chi connectivity index (χ4n) is 2.51. The zero-order chi connectivity index (χ0) is 19.6. The maximum absolute atomic E-state index is 13.7. The van der Waals surface area contributed by atoms with Gasteiger partial charge in [-0.2, -0.15) is 17.7 Å². The molecule has 0 amide bonds. The molecule has 3 rings (SSSR count).